The molecule has 0 bridgehead atoms. The highest BCUT2D eigenvalue weighted by Crippen LogP contribution is 2.45. The van der Waals surface area contributed by atoms with E-state index in [0.717, 1.165) is 11.8 Å². The standard InChI is InChI=1S/C10H16.C3H8.3C2H6.C2H4/c1-7-3-4-8(2)10-6-5-9(7)10;1-3-2;4*1-2/h7-8H,3-6H2,1-2H3;3H2,1-2H3;3*1-2H3;1-2H2. The lowest BCUT2D eigenvalue weighted by Gasteiger charge is -2.37. The van der Waals surface area contributed by atoms with Gasteiger partial charge in [-0.1, -0.05) is 86.8 Å². The van der Waals surface area contributed by atoms with Crippen molar-refractivity contribution in [2.75, 3.05) is 0 Å². The molecule has 2 unspecified atom stereocenters. The fourth-order valence-electron chi connectivity index (χ4n) is 2.39. The lowest BCUT2D eigenvalue weighted by molar-refractivity contribution is 0.396. The second-order valence-corrected chi connectivity index (χ2v) is 4.64. The van der Waals surface area contributed by atoms with E-state index in [-0.39, 0.29) is 0 Å². The minimum atomic E-state index is 0.931. The molecule has 0 aliphatic heterocycles. The predicted molar refractivity (Wildman–Crippen MR) is 105 cm³/mol. The van der Waals surface area contributed by atoms with Crippen LogP contribution in [0, 0.1) is 11.8 Å². The average molecular weight is 299 g/mol. The molecule has 0 nitrogen and oxygen atoms in total. The summed E-state index contributed by atoms with van der Waals surface area (Å²) in [5.74, 6) is 1.86. The zero-order valence-corrected chi connectivity index (χ0v) is 17.1. The summed E-state index contributed by atoms with van der Waals surface area (Å²) >= 11 is 0. The van der Waals surface area contributed by atoms with Gasteiger partial charge < -0.3 is 0 Å². The van der Waals surface area contributed by atoms with Crippen molar-refractivity contribution in [3.8, 4) is 0 Å². The second-order valence-electron chi connectivity index (χ2n) is 4.64. The van der Waals surface area contributed by atoms with Crippen molar-refractivity contribution < 1.29 is 0 Å². The lowest BCUT2D eigenvalue weighted by atomic mass is 9.68. The van der Waals surface area contributed by atoms with Crippen LogP contribution in [0.15, 0.2) is 24.3 Å². The van der Waals surface area contributed by atoms with Gasteiger partial charge in [-0.15, -0.1) is 13.2 Å². The molecule has 130 valence electrons. The molecule has 2 aliphatic rings. The highest BCUT2D eigenvalue weighted by molar-refractivity contribution is 5.30. The fraction of sp³-hybridized carbons (Fsp3) is 0.810. The smallest absolute Gasteiger partial charge is 0.0229 e. The van der Waals surface area contributed by atoms with Crippen LogP contribution >= 0.6 is 0 Å². The maximum absolute atomic E-state index is 3.00. The van der Waals surface area contributed by atoms with Gasteiger partial charge in [-0.3, -0.25) is 0 Å². The van der Waals surface area contributed by atoms with Crippen LogP contribution in [-0.2, 0) is 0 Å². The molecule has 0 saturated heterocycles. The van der Waals surface area contributed by atoms with Gasteiger partial charge in [-0.25, -0.2) is 0 Å². The Labute approximate surface area is 138 Å². The Hall–Kier alpha value is -0.520. The molecule has 0 saturated carbocycles. The van der Waals surface area contributed by atoms with Gasteiger partial charge in [-0.2, -0.15) is 0 Å². The molecule has 0 amide bonds. The van der Waals surface area contributed by atoms with Crippen LogP contribution in [0.3, 0.4) is 0 Å². The third-order valence-electron chi connectivity index (χ3n) is 3.30. The molecule has 2 aliphatic carbocycles. The van der Waals surface area contributed by atoms with E-state index in [0.29, 0.717) is 0 Å². The summed E-state index contributed by atoms with van der Waals surface area (Å²) in [6.45, 7) is 27.0. The summed E-state index contributed by atoms with van der Waals surface area (Å²) in [7, 11) is 0. The van der Waals surface area contributed by atoms with Crippen molar-refractivity contribution in [3.63, 3.8) is 0 Å². The average Bonchev–Trinajstić information content (AvgIpc) is 2.52. The maximum atomic E-state index is 3.00. The van der Waals surface area contributed by atoms with Crippen LogP contribution in [0.2, 0.25) is 0 Å². The van der Waals surface area contributed by atoms with Crippen LogP contribution in [0.25, 0.3) is 0 Å². The molecule has 0 fully saturated rings. The summed E-state index contributed by atoms with van der Waals surface area (Å²) in [4.78, 5) is 0. The van der Waals surface area contributed by atoms with Crippen molar-refractivity contribution >= 4 is 0 Å². The highest BCUT2D eigenvalue weighted by atomic mass is 14.3. The summed E-state index contributed by atoms with van der Waals surface area (Å²) in [5.41, 5.74) is 3.64. The molecule has 0 N–H and O–H groups in total. The largest absolute Gasteiger partial charge is 0.106 e. The van der Waals surface area contributed by atoms with Crippen molar-refractivity contribution in [1.82, 2.24) is 0 Å². The Morgan fingerprint density at radius 2 is 0.905 bits per heavy atom. The van der Waals surface area contributed by atoms with Gasteiger partial charge in [0.1, 0.15) is 0 Å². The molecule has 2 rings (SSSR count). The Kier molecular flexibility index (Phi) is 33.4. The van der Waals surface area contributed by atoms with Gasteiger partial charge in [0.05, 0.1) is 0 Å². The molecule has 21 heavy (non-hydrogen) atoms. The summed E-state index contributed by atoms with van der Waals surface area (Å²) in [5, 5.41) is 0. The highest BCUT2D eigenvalue weighted by Gasteiger charge is 2.29. The number of rotatable bonds is 0. The zero-order chi connectivity index (χ0) is 17.8. The van der Waals surface area contributed by atoms with Crippen LogP contribution < -0.4 is 0 Å². The van der Waals surface area contributed by atoms with Crippen LogP contribution in [-0.4, -0.2) is 0 Å². The van der Waals surface area contributed by atoms with E-state index in [1.165, 1.54) is 32.1 Å². The van der Waals surface area contributed by atoms with Gasteiger partial charge in [0.25, 0.3) is 0 Å². The number of allylic oxidation sites excluding steroid dienone is 2. The summed E-state index contributed by atoms with van der Waals surface area (Å²) in [6.07, 6.45) is 6.97. The number of hydrogen-bond acceptors (Lipinski definition) is 0. The first kappa shape index (κ1) is 28.6. The van der Waals surface area contributed by atoms with E-state index in [4.69, 9.17) is 0 Å². The van der Waals surface area contributed by atoms with Gasteiger partial charge in [0.2, 0.25) is 0 Å². The topological polar surface area (TPSA) is 0 Å². The molecule has 0 spiro atoms. The lowest BCUT2D eigenvalue weighted by Crippen LogP contribution is -2.22. The SMILES string of the molecule is C=C.CC.CC.CC.CC1CCC(C)C2=C1CC2.CCC. The monoisotopic (exact) mass is 298 g/mol. The first-order valence-corrected chi connectivity index (χ1v) is 9.42. The molecule has 0 heteroatoms. The Bertz CT molecular complexity index is 180. The molecular weight excluding hydrogens is 252 g/mol. The van der Waals surface area contributed by atoms with E-state index in [1.54, 1.807) is 0 Å². The minimum absolute atomic E-state index is 0.931. The van der Waals surface area contributed by atoms with E-state index in [1.807, 2.05) is 52.7 Å². The summed E-state index contributed by atoms with van der Waals surface area (Å²) < 4.78 is 0. The van der Waals surface area contributed by atoms with Crippen molar-refractivity contribution in [2.45, 2.75) is 101 Å². The first-order valence-electron chi connectivity index (χ1n) is 9.42. The van der Waals surface area contributed by atoms with E-state index in [9.17, 15) is 0 Å². The third-order valence-corrected chi connectivity index (χ3v) is 3.30. The molecule has 0 aromatic rings. The van der Waals surface area contributed by atoms with Gasteiger partial charge >= 0.3 is 0 Å². The number of hydrogen-bond donors (Lipinski definition) is 0. The normalized spacial score (nSPS) is 20.5. The van der Waals surface area contributed by atoms with Crippen molar-refractivity contribution in [1.29, 1.82) is 0 Å². The van der Waals surface area contributed by atoms with Crippen molar-refractivity contribution in [3.05, 3.63) is 24.3 Å². The molecule has 0 radical (unpaired) electrons. The van der Waals surface area contributed by atoms with Gasteiger partial charge in [0.15, 0.2) is 0 Å². The quantitative estimate of drug-likeness (QED) is 0.393. The molecule has 0 aromatic heterocycles. The van der Waals surface area contributed by atoms with Crippen molar-refractivity contribution in [2.24, 2.45) is 11.8 Å². The molecular formula is C21H46. The Morgan fingerprint density at radius 3 is 1.05 bits per heavy atom. The Morgan fingerprint density at radius 1 is 0.714 bits per heavy atom. The zero-order valence-electron chi connectivity index (χ0n) is 17.1. The summed E-state index contributed by atoms with van der Waals surface area (Å²) in [6, 6.07) is 0. The third kappa shape index (κ3) is 12.9. The predicted octanol–water partition coefficient (Wildman–Crippen LogP) is 8.44. The van der Waals surface area contributed by atoms with E-state index in [2.05, 4.69) is 40.9 Å². The van der Waals surface area contributed by atoms with Crippen LogP contribution in [0.1, 0.15) is 101 Å². The second kappa shape index (κ2) is 24.5. The van der Waals surface area contributed by atoms with Gasteiger partial charge in [-0.05, 0) is 37.5 Å². The van der Waals surface area contributed by atoms with Gasteiger partial charge in [0, 0.05) is 0 Å². The fourth-order valence-corrected chi connectivity index (χ4v) is 2.39. The first-order chi connectivity index (χ1) is 10.2. The van der Waals surface area contributed by atoms with E-state index >= 15 is 0 Å². The molecule has 0 aromatic carbocycles. The molecule has 2 atom stereocenters. The van der Waals surface area contributed by atoms with E-state index < -0.39 is 0 Å². The molecule has 0 heterocycles. The minimum Gasteiger partial charge on any atom is -0.106 e. The Balaban J connectivity index is -0.000000112. The van der Waals surface area contributed by atoms with Crippen LogP contribution in [0.4, 0.5) is 0 Å². The maximum Gasteiger partial charge on any atom is -0.0229 e. The van der Waals surface area contributed by atoms with Crippen LogP contribution in [0.5, 0.6) is 0 Å².